The van der Waals surface area contributed by atoms with Crippen LogP contribution in [0.4, 0.5) is 0 Å². The Kier molecular flexibility index (Phi) is 6.65. The molecule has 1 saturated carbocycles. The van der Waals surface area contributed by atoms with Crippen LogP contribution in [0.5, 0.6) is 0 Å². The molecule has 0 atom stereocenters. The van der Waals surface area contributed by atoms with E-state index < -0.39 is 0 Å². The van der Waals surface area contributed by atoms with Crippen LogP contribution in [0.1, 0.15) is 49.1 Å². The minimum atomic E-state index is 0.139. The fraction of sp³-hybridized carbons (Fsp3) is 0.722. The van der Waals surface area contributed by atoms with Gasteiger partial charge in [0.25, 0.3) is 0 Å². The predicted molar refractivity (Wildman–Crippen MR) is 90.8 cm³/mol. The summed E-state index contributed by atoms with van der Waals surface area (Å²) in [5, 5.41) is 13.7. The number of aliphatic hydroxyl groups excluding tert-OH is 1. The van der Waals surface area contributed by atoms with Crippen molar-refractivity contribution in [2.75, 3.05) is 19.7 Å². The summed E-state index contributed by atoms with van der Waals surface area (Å²) in [5.74, 6) is 0.835. The highest BCUT2D eigenvalue weighted by Crippen LogP contribution is 2.25. The highest BCUT2D eigenvalue weighted by Gasteiger charge is 2.19. The second-order valence-electron chi connectivity index (χ2n) is 6.58. The van der Waals surface area contributed by atoms with Gasteiger partial charge in [0.15, 0.2) is 0 Å². The van der Waals surface area contributed by atoms with E-state index in [4.69, 9.17) is 5.11 Å². The summed E-state index contributed by atoms with van der Waals surface area (Å²) >= 11 is 0. The number of aliphatic hydroxyl groups is 1. The monoisotopic (exact) mass is 305 g/mol. The van der Waals surface area contributed by atoms with Crippen LogP contribution >= 0.6 is 0 Å². The Hall–Kier alpha value is -1.13. The van der Waals surface area contributed by atoms with Crippen LogP contribution in [-0.2, 0) is 13.1 Å². The normalized spacial score (nSPS) is 16.4. The third-order valence-corrected chi connectivity index (χ3v) is 4.85. The van der Waals surface area contributed by atoms with Crippen LogP contribution in [0.25, 0.3) is 0 Å². The fourth-order valence-electron chi connectivity index (χ4n) is 3.62. The van der Waals surface area contributed by atoms with Crippen LogP contribution in [0, 0.1) is 19.8 Å². The first kappa shape index (κ1) is 17.2. The third kappa shape index (κ3) is 4.43. The summed E-state index contributed by atoms with van der Waals surface area (Å²) in [6, 6.07) is 0. The number of nitrogens with zero attached hydrogens (tertiary/aromatic N) is 3. The molecule has 1 aliphatic carbocycles. The molecule has 1 aromatic rings. The lowest BCUT2D eigenvalue weighted by Crippen LogP contribution is -2.30. The summed E-state index contributed by atoms with van der Waals surface area (Å²) in [6.45, 7) is 11.8. The summed E-state index contributed by atoms with van der Waals surface area (Å²) in [7, 11) is 0. The Morgan fingerprint density at radius 2 is 2.05 bits per heavy atom. The van der Waals surface area contributed by atoms with Gasteiger partial charge in [0, 0.05) is 30.9 Å². The molecule has 0 amide bonds. The number of hydrogen-bond donors (Lipinski definition) is 1. The van der Waals surface area contributed by atoms with Crippen LogP contribution in [0.3, 0.4) is 0 Å². The number of aromatic nitrogens is 2. The van der Waals surface area contributed by atoms with Crippen LogP contribution in [-0.4, -0.2) is 39.5 Å². The number of aryl methyl sites for hydroxylation is 1. The first-order valence-electron chi connectivity index (χ1n) is 8.62. The van der Waals surface area contributed by atoms with Gasteiger partial charge in [0.05, 0.1) is 18.8 Å². The molecule has 0 aromatic carbocycles. The smallest absolute Gasteiger partial charge is 0.0644 e. The summed E-state index contributed by atoms with van der Waals surface area (Å²) in [4.78, 5) is 2.50. The van der Waals surface area contributed by atoms with Crippen molar-refractivity contribution < 1.29 is 5.11 Å². The molecule has 22 heavy (non-hydrogen) atoms. The molecule has 1 heterocycles. The largest absolute Gasteiger partial charge is 0.394 e. The number of rotatable bonds is 8. The topological polar surface area (TPSA) is 41.3 Å². The zero-order chi connectivity index (χ0) is 15.9. The Labute approximate surface area is 134 Å². The molecule has 2 rings (SSSR count). The Morgan fingerprint density at radius 1 is 1.32 bits per heavy atom. The molecule has 4 nitrogen and oxygen atoms in total. The summed E-state index contributed by atoms with van der Waals surface area (Å²) in [5.41, 5.74) is 3.58. The maximum absolute atomic E-state index is 9.14. The standard InChI is InChI=1S/C18H31N3O/c1-4-10-20(13-17-8-6-5-7-9-17)14-18-15(2)19-21(11-12-22)16(18)3/h4,17,22H,1,5-14H2,2-3H3. The second-order valence-corrected chi connectivity index (χ2v) is 6.58. The van der Waals surface area contributed by atoms with Gasteiger partial charge in [-0.15, -0.1) is 6.58 Å². The highest BCUT2D eigenvalue weighted by atomic mass is 16.3. The van der Waals surface area contributed by atoms with E-state index in [1.165, 1.54) is 43.4 Å². The van der Waals surface area contributed by atoms with E-state index in [2.05, 4.69) is 30.4 Å². The molecule has 0 saturated heterocycles. The molecular weight excluding hydrogens is 274 g/mol. The predicted octanol–water partition coefficient (Wildman–Crippen LogP) is 3.06. The molecule has 1 aromatic heterocycles. The first-order chi connectivity index (χ1) is 10.7. The minimum Gasteiger partial charge on any atom is -0.394 e. The average Bonchev–Trinajstić information content (AvgIpc) is 2.77. The van der Waals surface area contributed by atoms with Crippen molar-refractivity contribution in [3.8, 4) is 0 Å². The van der Waals surface area contributed by atoms with Crippen LogP contribution in [0.15, 0.2) is 12.7 Å². The number of hydrogen-bond acceptors (Lipinski definition) is 3. The van der Waals surface area contributed by atoms with Crippen molar-refractivity contribution in [2.45, 2.75) is 59.0 Å². The zero-order valence-corrected chi connectivity index (χ0v) is 14.2. The van der Waals surface area contributed by atoms with Gasteiger partial charge in [0.2, 0.25) is 0 Å². The molecule has 124 valence electrons. The fourth-order valence-corrected chi connectivity index (χ4v) is 3.62. The lowest BCUT2D eigenvalue weighted by molar-refractivity contribution is 0.209. The third-order valence-electron chi connectivity index (χ3n) is 4.85. The van der Waals surface area contributed by atoms with Gasteiger partial charge in [-0.1, -0.05) is 25.3 Å². The van der Waals surface area contributed by atoms with Crippen LogP contribution in [0.2, 0.25) is 0 Å². The van der Waals surface area contributed by atoms with Gasteiger partial charge < -0.3 is 5.11 Å². The van der Waals surface area contributed by atoms with E-state index in [1.54, 1.807) is 0 Å². The second kappa shape index (κ2) is 8.49. The van der Waals surface area contributed by atoms with E-state index in [1.807, 2.05) is 10.8 Å². The molecule has 1 fully saturated rings. The molecule has 4 heteroatoms. The maximum Gasteiger partial charge on any atom is 0.0644 e. The SMILES string of the molecule is C=CCN(Cc1c(C)nn(CCO)c1C)CC1CCCCC1. The van der Waals surface area contributed by atoms with Crippen molar-refractivity contribution in [1.29, 1.82) is 0 Å². The molecule has 0 radical (unpaired) electrons. The van der Waals surface area contributed by atoms with E-state index in [0.717, 1.165) is 31.2 Å². The van der Waals surface area contributed by atoms with E-state index in [0.29, 0.717) is 6.54 Å². The van der Waals surface area contributed by atoms with E-state index in [-0.39, 0.29) is 6.61 Å². The van der Waals surface area contributed by atoms with Gasteiger partial charge >= 0.3 is 0 Å². The van der Waals surface area contributed by atoms with Gasteiger partial charge in [0.1, 0.15) is 0 Å². The van der Waals surface area contributed by atoms with Crippen molar-refractivity contribution in [1.82, 2.24) is 14.7 Å². The highest BCUT2D eigenvalue weighted by molar-refractivity contribution is 5.24. The van der Waals surface area contributed by atoms with E-state index in [9.17, 15) is 0 Å². The molecule has 0 aliphatic heterocycles. The Balaban J connectivity index is 2.04. The summed E-state index contributed by atoms with van der Waals surface area (Å²) < 4.78 is 1.93. The molecule has 1 aliphatic rings. The molecule has 0 unspecified atom stereocenters. The average molecular weight is 305 g/mol. The van der Waals surface area contributed by atoms with Gasteiger partial charge in [-0.2, -0.15) is 5.10 Å². The first-order valence-corrected chi connectivity index (χ1v) is 8.62. The molecule has 0 bridgehead atoms. The van der Waals surface area contributed by atoms with Gasteiger partial charge in [-0.3, -0.25) is 9.58 Å². The zero-order valence-electron chi connectivity index (χ0n) is 14.2. The molecule has 0 spiro atoms. The maximum atomic E-state index is 9.14. The van der Waals surface area contributed by atoms with Crippen LogP contribution < -0.4 is 0 Å². The summed E-state index contributed by atoms with van der Waals surface area (Å²) in [6.07, 6.45) is 8.93. The van der Waals surface area contributed by atoms with Gasteiger partial charge in [-0.05, 0) is 32.6 Å². The van der Waals surface area contributed by atoms with Crippen molar-refractivity contribution in [3.05, 3.63) is 29.6 Å². The Bertz CT molecular complexity index is 475. The van der Waals surface area contributed by atoms with Crippen molar-refractivity contribution in [2.24, 2.45) is 5.92 Å². The molecule has 1 N–H and O–H groups in total. The van der Waals surface area contributed by atoms with Gasteiger partial charge in [-0.25, -0.2) is 0 Å². The lowest BCUT2D eigenvalue weighted by Gasteiger charge is -2.29. The van der Waals surface area contributed by atoms with Crippen molar-refractivity contribution >= 4 is 0 Å². The Morgan fingerprint density at radius 3 is 2.68 bits per heavy atom. The quantitative estimate of drug-likeness (QED) is 0.751. The minimum absolute atomic E-state index is 0.139. The lowest BCUT2D eigenvalue weighted by atomic mass is 9.89. The molecular formula is C18H31N3O. The van der Waals surface area contributed by atoms with Crippen molar-refractivity contribution in [3.63, 3.8) is 0 Å². The van der Waals surface area contributed by atoms with E-state index >= 15 is 0 Å².